The first-order chi connectivity index (χ1) is 7.68. The Kier molecular flexibility index (Phi) is 4.29. The summed E-state index contributed by atoms with van der Waals surface area (Å²) in [6, 6.07) is 8.53. The number of benzene rings is 1. The summed E-state index contributed by atoms with van der Waals surface area (Å²) < 4.78 is 2.06. The highest BCUT2D eigenvalue weighted by molar-refractivity contribution is 5.62. The van der Waals surface area contributed by atoms with Crippen LogP contribution in [0.4, 0.5) is 0 Å². The van der Waals surface area contributed by atoms with Crippen molar-refractivity contribution >= 4 is 0 Å². The molecule has 2 nitrogen and oxygen atoms in total. The monoisotopic (exact) mass is 216 g/mol. The Hall–Kier alpha value is -1.57. The number of aromatic nitrogens is 2. The maximum absolute atomic E-state index is 4.28. The largest absolute Gasteiger partial charge is 0.334 e. The first-order valence-corrected chi connectivity index (χ1v) is 5.73. The SMILES string of the molecule is CC.Cc1ccc(-c2c(C)ncn2C)cc1. The average molecular weight is 216 g/mol. The molecule has 0 radical (unpaired) electrons. The fourth-order valence-corrected chi connectivity index (χ4v) is 1.67. The fraction of sp³-hybridized carbons (Fsp3) is 0.357. The van der Waals surface area contributed by atoms with Crippen LogP contribution in [-0.2, 0) is 7.05 Å². The molecule has 0 saturated heterocycles. The van der Waals surface area contributed by atoms with Crippen LogP contribution in [0.25, 0.3) is 11.3 Å². The van der Waals surface area contributed by atoms with Gasteiger partial charge in [-0.05, 0) is 13.8 Å². The van der Waals surface area contributed by atoms with Gasteiger partial charge in [-0.25, -0.2) is 4.98 Å². The lowest BCUT2D eigenvalue weighted by Crippen LogP contribution is -1.90. The molecule has 1 aromatic heterocycles. The molecule has 0 saturated carbocycles. The maximum Gasteiger partial charge on any atom is 0.0951 e. The van der Waals surface area contributed by atoms with Crippen LogP contribution in [0.15, 0.2) is 30.6 Å². The molecule has 16 heavy (non-hydrogen) atoms. The number of hydrogen-bond acceptors (Lipinski definition) is 1. The Morgan fingerprint density at radius 1 is 1.00 bits per heavy atom. The Morgan fingerprint density at radius 3 is 2.00 bits per heavy atom. The quantitative estimate of drug-likeness (QED) is 0.710. The van der Waals surface area contributed by atoms with Gasteiger partial charge in [0.15, 0.2) is 0 Å². The van der Waals surface area contributed by atoms with Gasteiger partial charge in [-0.2, -0.15) is 0 Å². The molecule has 0 spiro atoms. The molecule has 2 heteroatoms. The zero-order chi connectivity index (χ0) is 12.1. The average Bonchev–Trinajstić information content (AvgIpc) is 2.63. The number of aryl methyl sites for hydroxylation is 3. The van der Waals surface area contributed by atoms with Crippen molar-refractivity contribution in [3.05, 3.63) is 41.9 Å². The lowest BCUT2D eigenvalue weighted by atomic mass is 10.1. The smallest absolute Gasteiger partial charge is 0.0951 e. The third-order valence-corrected chi connectivity index (χ3v) is 2.45. The van der Waals surface area contributed by atoms with Crippen LogP contribution in [0, 0.1) is 13.8 Å². The second-order valence-corrected chi connectivity index (χ2v) is 3.66. The topological polar surface area (TPSA) is 17.8 Å². The number of rotatable bonds is 1. The Morgan fingerprint density at radius 2 is 1.56 bits per heavy atom. The Bertz CT molecular complexity index is 419. The van der Waals surface area contributed by atoms with E-state index in [1.807, 2.05) is 34.1 Å². The molecule has 0 unspecified atom stereocenters. The predicted molar refractivity (Wildman–Crippen MR) is 69.5 cm³/mol. The van der Waals surface area contributed by atoms with E-state index in [0.29, 0.717) is 0 Å². The van der Waals surface area contributed by atoms with E-state index in [2.05, 4.69) is 40.7 Å². The van der Waals surface area contributed by atoms with Crippen LogP contribution in [-0.4, -0.2) is 9.55 Å². The molecule has 86 valence electrons. The van der Waals surface area contributed by atoms with Gasteiger partial charge in [0.1, 0.15) is 0 Å². The van der Waals surface area contributed by atoms with Gasteiger partial charge in [0.25, 0.3) is 0 Å². The van der Waals surface area contributed by atoms with E-state index in [1.54, 1.807) is 0 Å². The van der Waals surface area contributed by atoms with Crippen molar-refractivity contribution in [3.8, 4) is 11.3 Å². The highest BCUT2D eigenvalue weighted by Crippen LogP contribution is 2.21. The minimum atomic E-state index is 1.08. The van der Waals surface area contributed by atoms with E-state index in [9.17, 15) is 0 Å². The molecular weight excluding hydrogens is 196 g/mol. The summed E-state index contributed by atoms with van der Waals surface area (Å²) in [5.41, 5.74) is 4.79. The molecule has 1 heterocycles. The summed E-state index contributed by atoms with van der Waals surface area (Å²) in [5.74, 6) is 0. The summed E-state index contributed by atoms with van der Waals surface area (Å²) in [5, 5.41) is 0. The van der Waals surface area contributed by atoms with Crippen LogP contribution in [0.1, 0.15) is 25.1 Å². The van der Waals surface area contributed by atoms with Gasteiger partial charge in [0.2, 0.25) is 0 Å². The van der Waals surface area contributed by atoms with Gasteiger partial charge in [0.05, 0.1) is 17.7 Å². The summed E-state index contributed by atoms with van der Waals surface area (Å²) in [4.78, 5) is 4.28. The minimum absolute atomic E-state index is 1.08. The van der Waals surface area contributed by atoms with E-state index in [0.717, 1.165) is 5.69 Å². The van der Waals surface area contributed by atoms with E-state index in [4.69, 9.17) is 0 Å². The second kappa shape index (κ2) is 5.50. The van der Waals surface area contributed by atoms with Crippen molar-refractivity contribution < 1.29 is 0 Å². The van der Waals surface area contributed by atoms with E-state index < -0.39 is 0 Å². The van der Waals surface area contributed by atoms with E-state index in [-0.39, 0.29) is 0 Å². The first kappa shape index (κ1) is 12.5. The molecule has 0 bridgehead atoms. The van der Waals surface area contributed by atoms with Gasteiger partial charge in [0, 0.05) is 12.6 Å². The lowest BCUT2D eigenvalue weighted by molar-refractivity contribution is 0.921. The molecule has 2 aromatic rings. The lowest BCUT2D eigenvalue weighted by Gasteiger charge is -2.04. The van der Waals surface area contributed by atoms with Gasteiger partial charge < -0.3 is 4.57 Å². The molecular formula is C14H20N2. The number of nitrogens with zero attached hydrogens (tertiary/aromatic N) is 2. The normalized spacial score (nSPS) is 9.56. The Balaban J connectivity index is 0.000000606. The zero-order valence-corrected chi connectivity index (χ0v) is 10.8. The molecule has 1 aromatic carbocycles. The fourth-order valence-electron chi connectivity index (χ4n) is 1.67. The molecule has 0 aliphatic carbocycles. The van der Waals surface area contributed by atoms with Crippen molar-refractivity contribution in [3.63, 3.8) is 0 Å². The van der Waals surface area contributed by atoms with Crippen molar-refractivity contribution in [2.75, 3.05) is 0 Å². The summed E-state index contributed by atoms with van der Waals surface area (Å²) in [6.45, 7) is 8.13. The molecule has 2 rings (SSSR count). The highest BCUT2D eigenvalue weighted by Gasteiger charge is 2.06. The maximum atomic E-state index is 4.28. The van der Waals surface area contributed by atoms with Gasteiger partial charge in [-0.15, -0.1) is 0 Å². The zero-order valence-electron chi connectivity index (χ0n) is 10.8. The van der Waals surface area contributed by atoms with Crippen molar-refractivity contribution in [2.24, 2.45) is 7.05 Å². The van der Waals surface area contributed by atoms with Crippen molar-refractivity contribution in [2.45, 2.75) is 27.7 Å². The third-order valence-electron chi connectivity index (χ3n) is 2.45. The molecule has 0 fully saturated rings. The van der Waals surface area contributed by atoms with Crippen molar-refractivity contribution in [1.29, 1.82) is 0 Å². The van der Waals surface area contributed by atoms with Crippen LogP contribution in [0.2, 0.25) is 0 Å². The first-order valence-electron chi connectivity index (χ1n) is 5.73. The van der Waals surface area contributed by atoms with Gasteiger partial charge in [-0.1, -0.05) is 43.7 Å². The van der Waals surface area contributed by atoms with Crippen LogP contribution in [0.3, 0.4) is 0 Å². The number of hydrogen-bond donors (Lipinski definition) is 0. The van der Waals surface area contributed by atoms with Crippen LogP contribution < -0.4 is 0 Å². The second-order valence-electron chi connectivity index (χ2n) is 3.66. The van der Waals surface area contributed by atoms with E-state index >= 15 is 0 Å². The highest BCUT2D eigenvalue weighted by atomic mass is 15.0. The van der Waals surface area contributed by atoms with E-state index in [1.165, 1.54) is 16.8 Å². The minimum Gasteiger partial charge on any atom is -0.334 e. The molecule has 0 atom stereocenters. The van der Waals surface area contributed by atoms with Gasteiger partial charge in [-0.3, -0.25) is 0 Å². The van der Waals surface area contributed by atoms with Gasteiger partial charge >= 0.3 is 0 Å². The molecule has 0 N–H and O–H groups in total. The number of imidazole rings is 1. The molecule has 0 aliphatic heterocycles. The van der Waals surface area contributed by atoms with Crippen molar-refractivity contribution in [1.82, 2.24) is 9.55 Å². The Labute approximate surface area is 98.0 Å². The summed E-state index contributed by atoms with van der Waals surface area (Å²) in [7, 11) is 2.02. The molecule has 0 amide bonds. The predicted octanol–water partition coefficient (Wildman–Crippen LogP) is 3.73. The summed E-state index contributed by atoms with van der Waals surface area (Å²) >= 11 is 0. The standard InChI is InChI=1S/C12H14N2.C2H6/c1-9-4-6-11(7-5-9)12-10(2)13-8-14(12)3;1-2/h4-8H,1-3H3;1-2H3. The summed E-state index contributed by atoms with van der Waals surface area (Å²) in [6.07, 6.45) is 1.85. The van der Waals surface area contributed by atoms with Crippen LogP contribution >= 0.6 is 0 Å². The molecule has 0 aliphatic rings. The van der Waals surface area contributed by atoms with Crippen LogP contribution in [0.5, 0.6) is 0 Å². The third kappa shape index (κ3) is 2.51.